The third kappa shape index (κ3) is 44.8. The average molecular weight is 863 g/mol. The number of carbonyl (C=O) groups excluding carboxylic acids is 2. The molecule has 0 saturated carbocycles. The Kier molecular flexibility index (Phi) is 44.2. The molecular formula is C48H95O10P. The standard InChI is InChI=1S/C48H95O10P/c1-3-5-7-9-11-13-15-17-19-21-23-25-27-29-31-33-35-37-39-47(51)55-43-46(44-57-59(53,54)56-42-45(50)41-49)58-48(52)40-38-36-34-32-30-28-26-24-22-20-18-16-14-12-10-8-6-4-2/h45-46,49-50H,3-44H2,1-2H3,(H,53,54)/t45-,46+/m0/s1. The Morgan fingerprint density at radius 2 is 0.729 bits per heavy atom. The van der Waals surface area contributed by atoms with Crippen molar-refractivity contribution in [3.8, 4) is 0 Å². The van der Waals surface area contributed by atoms with Gasteiger partial charge in [0.2, 0.25) is 0 Å². The van der Waals surface area contributed by atoms with Crippen molar-refractivity contribution in [2.75, 3.05) is 26.4 Å². The zero-order valence-electron chi connectivity index (χ0n) is 38.5. The van der Waals surface area contributed by atoms with Gasteiger partial charge in [-0.15, -0.1) is 0 Å². The number of carbonyl (C=O) groups is 2. The lowest BCUT2D eigenvalue weighted by molar-refractivity contribution is -0.161. The number of hydrogen-bond donors (Lipinski definition) is 3. The third-order valence-corrected chi connectivity index (χ3v) is 12.2. The van der Waals surface area contributed by atoms with Gasteiger partial charge in [-0.2, -0.15) is 0 Å². The molecule has 3 atom stereocenters. The van der Waals surface area contributed by atoms with E-state index >= 15 is 0 Å². The van der Waals surface area contributed by atoms with Crippen molar-refractivity contribution in [3.63, 3.8) is 0 Å². The second kappa shape index (κ2) is 45.0. The lowest BCUT2D eigenvalue weighted by atomic mass is 10.0. The summed E-state index contributed by atoms with van der Waals surface area (Å²) >= 11 is 0. The number of ether oxygens (including phenoxy) is 2. The summed E-state index contributed by atoms with van der Waals surface area (Å²) in [6, 6.07) is 0. The fourth-order valence-corrected chi connectivity index (χ4v) is 8.20. The quantitative estimate of drug-likeness (QED) is 0.0306. The molecule has 0 aliphatic carbocycles. The summed E-state index contributed by atoms with van der Waals surface area (Å²) in [5.41, 5.74) is 0. The van der Waals surface area contributed by atoms with Gasteiger partial charge >= 0.3 is 19.8 Å². The lowest BCUT2D eigenvalue weighted by Gasteiger charge is -2.20. The molecule has 10 nitrogen and oxygen atoms in total. The van der Waals surface area contributed by atoms with E-state index in [1.807, 2.05) is 0 Å². The van der Waals surface area contributed by atoms with Crippen LogP contribution in [0, 0.1) is 0 Å². The van der Waals surface area contributed by atoms with E-state index in [0.29, 0.717) is 12.8 Å². The molecule has 1 unspecified atom stereocenters. The van der Waals surface area contributed by atoms with Crippen molar-refractivity contribution in [2.24, 2.45) is 0 Å². The van der Waals surface area contributed by atoms with E-state index < -0.39 is 51.8 Å². The fourth-order valence-electron chi connectivity index (χ4n) is 7.41. The van der Waals surface area contributed by atoms with Crippen molar-refractivity contribution in [1.82, 2.24) is 0 Å². The lowest BCUT2D eigenvalue weighted by Crippen LogP contribution is -2.29. The Bertz CT molecular complexity index is 951. The third-order valence-electron chi connectivity index (χ3n) is 11.3. The first-order valence-corrected chi connectivity index (χ1v) is 26.5. The van der Waals surface area contributed by atoms with Gasteiger partial charge in [0.15, 0.2) is 6.10 Å². The summed E-state index contributed by atoms with van der Waals surface area (Å²) in [7, 11) is -4.61. The van der Waals surface area contributed by atoms with E-state index in [-0.39, 0.29) is 19.4 Å². The van der Waals surface area contributed by atoms with E-state index in [2.05, 4.69) is 13.8 Å². The molecule has 0 aliphatic heterocycles. The molecule has 0 aromatic carbocycles. The van der Waals surface area contributed by atoms with Gasteiger partial charge in [0.1, 0.15) is 12.7 Å². The SMILES string of the molecule is CCCCCCCCCCCCCCCCCCCCC(=O)OC[C@H](COP(=O)(O)OC[C@@H](O)CO)OC(=O)CCCCCCCCCCCCCCCCCCCC. The summed E-state index contributed by atoms with van der Waals surface area (Å²) in [5, 5.41) is 18.4. The van der Waals surface area contributed by atoms with Crippen LogP contribution in [0.2, 0.25) is 0 Å². The summed E-state index contributed by atoms with van der Waals surface area (Å²) < 4.78 is 32.9. The Morgan fingerprint density at radius 3 is 1.05 bits per heavy atom. The highest BCUT2D eigenvalue weighted by atomic mass is 31.2. The second-order valence-corrected chi connectivity index (χ2v) is 18.7. The van der Waals surface area contributed by atoms with Crippen LogP contribution >= 0.6 is 7.82 Å². The van der Waals surface area contributed by atoms with Crippen molar-refractivity contribution in [3.05, 3.63) is 0 Å². The van der Waals surface area contributed by atoms with Crippen LogP contribution in [0.3, 0.4) is 0 Å². The number of hydrogen-bond acceptors (Lipinski definition) is 9. The van der Waals surface area contributed by atoms with E-state index in [4.69, 9.17) is 23.6 Å². The van der Waals surface area contributed by atoms with E-state index in [1.165, 1.54) is 186 Å². The maximum absolute atomic E-state index is 12.7. The number of aliphatic hydroxyl groups is 2. The van der Waals surface area contributed by atoms with Gasteiger partial charge in [-0.25, -0.2) is 4.57 Å². The van der Waals surface area contributed by atoms with Crippen molar-refractivity contribution >= 4 is 19.8 Å². The highest BCUT2D eigenvalue weighted by molar-refractivity contribution is 7.47. The van der Waals surface area contributed by atoms with Gasteiger partial charge in [0, 0.05) is 12.8 Å². The van der Waals surface area contributed by atoms with Crippen LogP contribution in [0.25, 0.3) is 0 Å². The molecular weight excluding hydrogens is 767 g/mol. The van der Waals surface area contributed by atoms with Crippen LogP contribution < -0.4 is 0 Å². The minimum Gasteiger partial charge on any atom is -0.462 e. The first kappa shape index (κ1) is 58.0. The van der Waals surface area contributed by atoms with Crippen LogP contribution in [0.1, 0.15) is 258 Å². The number of unbranched alkanes of at least 4 members (excludes halogenated alkanes) is 34. The molecule has 59 heavy (non-hydrogen) atoms. The minimum absolute atomic E-state index is 0.193. The smallest absolute Gasteiger partial charge is 0.462 e. The molecule has 0 saturated heterocycles. The Balaban J connectivity index is 4.15. The first-order chi connectivity index (χ1) is 28.7. The molecule has 11 heteroatoms. The molecule has 352 valence electrons. The predicted octanol–water partition coefficient (Wildman–Crippen LogP) is 13.8. The second-order valence-electron chi connectivity index (χ2n) is 17.2. The summed E-state index contributed by atoms with van der Waals surface area (Å²) in [4.78, 5) is 35.1. The molecule has 3 N–H and O–H groups in total. The summed E-state index contributed by atoms with van der Waals surface area (Å²) in [5.74, 6) is -0.903. The monoisotopic (exact) mass is 863 g/mol. The van der Waals surface area contributed by atoms with Gasteiger partial charge in [-0.1, -0.05) is 232 Å². The Labute approximate surface area is 363 Å². The maximum atomic E-state index is 12.7. The summed E-state index contributed by atoms with van der Waals surface area (Å²) in [6.45, 7) is 2.45. The molecule has 0 rings (SSSR count). The molecule has 0 aromatic heterocycles. The zero-order chi connectivity index (χ0) is 43.3. The topological polar surface area (TPSA) is 149 Å². The average Bonchev–Trinajstić information content (AvgIpc) is 3.22. The van der Waals surface area contributed by atoms with E-state index in [0.717, 1.165) is 32.1 Å². The van der Waals surface area contributed by atoms with Gasteiger partial charge in [-0.3, -0.25) is 18.6 Å². The van der Waals surface area contributed by atoms with Gasteiger partial charge in [0.25, 0.3) is 0 Å². The molecule has 0 fully saturated rings. The minimum atomic E-state index is -4.61. The summed E-state index contributed by atoms with van der Waals surface area (Å²) in [6.07, 6.45) is 43.5. The van der Waals surface area contributed by atoms with Crippen LogP contribution in [-0.2, 0) is 32.7 Å². The highest BCUT2D eigenvalue weighted by Gasteiger charge is 2.27. The van der Waals surface area contributed by atoms with Gasteiger partial charge < -0.3 is 24.6 Å². The first-order valence-electron chi connectivity index (χ1n) is 25.0. The number of aliphatic hydroxyl groups excluding tert-OH is 2. The Morgan fingerprint density at radius 1 is 0.441 bits per heavy atom. The Hall–Kier alpha value is -1.03. The normalized spacial score (nSPS) is 13.6. The van der Waals surface area contributed by atoms with Crippen LogP contribution in [0.5, 0.6) is 0 Å². The maximum Gasteiger partial charge on any atom is 0.472 e. The molecule has 0 spiro atoms. The predicted molar refractivity (Wildman–Crippen MR) is 242 cm³/mol. The molecule has 0 heterocycles. The molecule has 0 aromatic rings. The number of esters is 2. The van der Waals surface area contributed by atoms with Crippen molar-refractivity contribution in [1.29, 1.82) is 0 Å². The molecule has 0 bridgehead atoms. The van der Waals surface area contributed by atoms with E-state index in [9.17, 15) is 24.2 Å². The molecule has 0 aliphatic rings. The largest absolute Gasteiger partial charge is 0.472 e. The van der Waals surface area contributed by atoms with Crippen LogP contribution in [0.15, 0.2) is 0 Å². The van der Waals surface area contributed by atoms with Crippen LogP contribution in [0.4, 0.5) is 0 Å². The fraction of sp³-hybridized carbons (Fsp3) is 0.958. The van der Waals surface area contributed by atoms with Crippen LogP contribution in [-0.4, -0.2) is 65.7 Å². The number of phosphoric acid groups is 1. The van der Waals surface area contributed by atoms with Gasteiger partial charge in [-0.05, 0) is 12.8 Å². The molecule has 0 amide bonds. The van der Waals surface area contributed by atoms with Gasteiger partial charge in [0.05, 0.1) is 19.8 Å². The molecule has 0 radical (unpaired) electrons. The number of phosphoric ester groups is 1. The van der Waals surface area contributed by atoms with E-state index in [1.54, 1.807) is 0 Å². The zero-order valence-corrected chi connectivity index (χ0v) is 39.4. The van der Waals surface area contributed by atoms with Crippen molar-refractivity contribution < 1.29 is 47.8 Å². The highest BCUT2D eigenvalue weighted by Crippen LogP contribution is 2.43. The van der Waals surface area contributed by atoms with Crippen molar-refractivity contribution in [2.45, 2.75) is 270 Å². The number of rotatable bonds is 48.